The summed E-state index contributed by atoms with van der Waals surface area (Å²) in [7, 11) is 0. The molecule has 2 rings (SSSR count). The minimum atomic E-state index is -0.446. The topological polar surface area (TPSA) is 43.1 Å². The molecule has 84 valence electrons. The zero-order chi connectivity index (χ0) is 11.7. The molecule has 0 aliphatic rings. The Kier molecular flexibility index (Phi) is 3.17. The maximum atomic E-state index is 11.7. The Morgan fingerprint density at radius 1 is 1.38 bits per heavy atom. The molecule has 1 aromatic heterocycles. The van der Waals surface area contributed by atoms with Crippen LogP contribution >= 0.6 is 23.2 Å². The molecule has 0 bridgehead atoms. The second kappa shape index (κ2) is 4.44. The number of nitrogens with zero attached hydrogens (tertiary/aromatic N) is 1. The molecule has 0 fully saturated rings. The lowest BCUT2D eigenvalue weighted by atomic mass is 10.2. The van der Waals surface area contributed by atoms with Crippen molar-refractivity contribution in [3.63, 3.8) is 0 Å². The molecular weight excluding hydrogens is 249 g/mol. The van der Waals surface area contributed by atoms with E-state index in [0.717, 1.165) is 6.42 Å². The fourth-order valence-electron chi connectivity index (χ4n) is 1.47. The van der Waals surface area contributed by atoms with E-state index in [1.807, 2.05) is 6.92 Å². The molecule has 3 nitrogen and oxygen atoms in total. The van der Waals surface area contributed by atoms with E-state index < -0.39 is 5.63 Å². The average Bonchev–Trinajstić information content (AvgIpc) is 2.20. The third-order valence-electron chi connectivity index (χ3n) is 2.16. The molecule has 0 saturated carbocycles. The largest absolute Gasteiger partial charge is 0.408 e. The standard InChI is InChI=1S/C11H9Cl2NO2/c1-2-3-9-14-10-7(11(15)16-9)4-6(12)5-8(10)13/h4-5H,2-3H2,1H3. The number of aromatic nitrogens is 1. The Balaban J connectivity index is 2.77. The summed E-state index contributed by atoms with van der Waals surface area (Å²) >= 11 is 11.8. The highest BCUT2D eigenvalue weighted by Gasteiger charge is 2.10. The molecule has 2 aromatic rings. The first-order chi connectivity index (χ1) is 7.61. The van der Waals surface area contributed by atoms with Crippen LogP contribution < -0.4 is 5.63 Å². The van der Waals surface area contributed by atoms with E-state index in [1.165, 1.54) is 6.07 Å². The van der Waals surface area contributed by atoms with Crippen molar-refractivity contribution in [3.8, 4) is 0 Å². The van der Waals surface area contributed by atoms with E-state index in [0.29, 0.717) is 33.3 Å². The van der Waals surface area contributed by atoms with Crippen LogP contribution in [0.1, 0.15) is 19.2 Å². The molecule has 1 aromatic carbocycles. The Morgan fingerprint density at radius 3 is 2.81 bits per heavy atom. The van der Waals surface area contributed by atoms with Gasteiger partial charge in [-0.25, -0.2) is 9.78 Å². The molecule has 16 heavy (non-hydrogen) atoms. The van der Waals surface area contributed by atoms with Crippen LogP contribution in [-0.2, 0) is 6.42 Å². The van der Waals surface area contributed by atoms with Gasteiger partial charge in [0.05, 0.1) is 15.9 Å². The molecule has 0 aliphatic carbocycles. The summed E-state index contributed by atoms with van der Waals surface area (Å²) in [6.07, 6.45) is 1.47. The average molecular weight is 258 g/mol. The molecule has 0 aliphatic heterocycles. The van der Waals surface area contributed by atoms with Crippen molar-refractivity contribution >= 4 is 34.1 Å². The van der Waals surface area contributed by atoms with Gasteiger partial charge in [0, 0.05) is 11.4 Å². The quantitative estimate of drug-likeness (QED) is 0.828. The number of rotatable bonds is 2. The predicted octanol–water partition coefficient (Wildman–Crippen LogP) is 3.45. The SMILES string of the molecule is CCCc1nc2c(Cl)cc(Cl)cc2c(=O)o1. The first-order valence-electron chi connectivity index (χ1n) is 4.90. The van der Waals surface area contributed by atoms with E-state index in [-0.39, 0.29) is 0 Å². The molecule has 1 heterocycles. The van der Waals surface area contributed by atoms with Crippen LogP contribution in [0.15, 0.2) is 21.3 Å². The van der Waals surface area contributed by atoms with Crippen LogP contribution in [0.4, 0.5) is 0 Å². The first-order valence-corrected chi connectivity index (χ1v) is 5.66. The highest BCUT2D eigenvalue weighted by molar-refractivity contribution is 6.38. The van der Waals surface area contributed by atoms with Gasteiger partial charge >= 0.3 is 5.63 Å². The maximum Gasteiger partial charge on any atom is 0.346 e. The van der Waals surface area contributed by atoms with E-state index >= 15 is 0 Å². The third-order valence-corrected chi connectivity index (χ3v) is 2.67. The van der Waals surface area contributed by atoms with Crippen molar-refractivity contribution in [1.82, 2.24) is 4.98 Å². The number of aryl methyl sites for hydroxylation is 1. The summed E-state index contributed by atoms with van der Waals surface area (Å²) in [6.45, 7) is 1.98. The minimum absolute atomic E-state index is 0.317. The summed E-state index contributed by atoms with van der Waals surface area (Å²) in [5.41, 5.74) is 0.00335. The van der Waals surface area contributed by atoms with Gasteiger partial charge in [-0.15, -0.1) is 0 Å². The van der Waals surface area contributed by atoms with Gasteiger partial charge < -0.3 is 4.42 Å². The van der Waals surface area contributed by atoms with Gasteiger partial charge in [0.15, 0.2) is 5.89 Å². The molecular formula is C11H9Cl2NO2. The molecule has 0 saturated heterocycles. The molecule has 0 spiro atoms. The van der Waals surface area contributed by atoms with Crippen molar-refractivity contribution in [3.05, 3.63) is 38.5 Å². The van der Waals surface area contributed by atoms with Crippen LogP contribution in [0, 0.1) is 0 Å². The van der Waals surface area contributed by atoms with Gasteiger partial charge in [0.25, 0.3) is 0 Å². The van der Waals surface area contributed by atoms with E-state index in [9.17, 15) is 4.79 Å². The highest BCUT2D eigenvalue weighted by atomic mass is 35.5. The molecule has 0 amide bonds. The van der Waals surface area contributed by atoms with Crippen molar-refractivity contribution in [2.75, 3.05) is 0 Å². The number of hydrogen-bond acceptors (Lipinski definition) is 3. The van der Waals surface area contributed by atoms with Gasteiger partial charge in [-0.05, 0) is 18.6 Å². The highest BCUT2D eigenvalue weighted by Crippen LogP contribution is 2.24. The Bertz CT molecular complexity index is 592. The van der Waals surface area contributed by atoms with E-state index in [1.54, 1.807) is 6.07 Å². The van der Waals surface area contributed by atoms with E-state index in [2.05, 4.69) is 4.98 Å². The lowest BCUT2D eigenvalue weighted by molar-refractivity contribution is 0.442. The van der Waals surface area contributed by atoms with Gasteiger partial charge in [0.2, 0.25) is 0 Å². The van der Waals surface area contributed by atoms with Gasteiger partial charge in [-0.2, -0.15) is 0 Å². The lowest BCUT2D eigenvalue weighted by Gasteiger charge is -2.02. The molecule has 0 N–H and O–H groups in total. The summed E-state index contributed by atoms with van der Waals surface area (Å²) < 4.78 is 5.06. The van der Waals surface area contributed by atoms with E-state index in [4.69, 9.17) is 27.6 Å². The van der Waals surface area contributed by atoms with Crippen molar-refractivity contribution in [1.29, 1.82) is 0 Å². The Labute approximate surface area is 102 Å². The maximum absolute atomic E-state index is 11.7. The van der Waals surface area contributed by atoms with Crippen molar-refractivity contribution < 1.29 is 4.42 Å². The number of benzene rings is 1. The minimum Gasteiger partial charge on any atom is -0.408 e. The third kappa shape index (κ3) is 2.06. The van der Waals surface area contributed by atoms with Crippen molar-refractivity contribution in [2.45, 2.75) is 19.8 Å². The second-order valence-electron chi connectivity index (χ2n) is 3.43. The summed E-state index contributed by atoms with van der Waals surface area (Å²) in [6, 6.07) is 3.07. The van der Waals surface area contributed by atoms with Crippen LogP contribution in [0.5, 0.6) is 0 Å². The predicted molar refractivity (Wildman–Crippen MR) is 64.3 cm³/mol. The van der Waals surface area contributed by atoms with Gasteiger partial charge in [-0.3, -0.25) is 0 Å². The normalized spacial score (nSPS) is 10.9. The van der Waals surface area contributed by atoms with Crippen LogP contribution in [-0.4, -0.2) is 4.98 Å². The number of halogens is 2. The van der Waals surface area contributed by atoms with Gasteiger partial charge in [0.1, 0.15) is 0 Å². The Morgan fingerprint density at radius 2 is 2.12 bits per heavy atom. The van der Waals surface area contributed by atoms with Gasteiger partial charge in [-0.1, -0.05) is 30.1 Å². The zero-order valence-corrected chi connectivity index (χ0v) is 10.1. The number of fused-ring (bicyclic) bond motifs is 1. The molecule has 0 atom stereocenters. The lowest BCUT2D eigenvalue weighted by Crippen LogP contribution is -2.05. The van der Waals surface area contributed by atoms with Crippen LogP contribution in [0.2, 0.25) is 10.0 Å². The van der Waals surface area contributed by atoms with Crippen LogP contribution in [0.3, 0.4) is 0 Å². The fraction of sp³-hybridized carbons (Fsp3) is 0.273. The number of hydrogen-bond donors (Lipinski definition) is 0. The summed E-state index contributed by atoms with van der Waals surface area (Å²) in [5.74, 6) is 0.407. The summed E-state index contributed by atoms with van der Waals surface area (Å²) in [4.78, 5) is 15.9. The first kappa shape index (κ1) is 11.4. The molecule has 0 radical (unpaired) electrons. The summed E-state index contributed by atoms with van der Waals surface area (Å²) in [5, 5.41) is 1.08. The monoisotopic (exact) mass is 257 g/mol. The second-order valence-corrected chi connectivity index (χ2v) is 4.27. The molecule has 5 heteroatoms. The zero-order valence-electron chi connectivity index (χ0n) is 8.59. The Hall–Kier alpha value is -1.06. The fourth-order valence-corrected chi connectivity index (χ4v) is 2.00. The molecule has 0 unspecified atom stereocenters. The van der Waals surface area contributed by atoms with Crippen molar-refractivity contribution in [2.24, 2.45) is 0 Å². The van der Waals surface area contributed by atoms with Crippen LogP contribution in [0.25, 0.3) is 10.9 Å². The smallest absolute Gasteiger partial charge is 0.346 e.